The Balaban J connectivity index is 1.88. The molecule has 1 heterocycles. The maximum Gasteiger partial charge on any atom is 0.229 e. The lowest BCUT2D eigenvalue weighted by Crippen LogP contribution is -2.51. The van der Waals surface area contributed by atoms with E-state index in [0.29, 0.717) is 5.11 Å². The van der Waals surface area contributed by atoms with Gasteiger partial charge in [0.25, 0.3) is 0 Å². The Hall–Kier alpha value is -0.680. The highest BCUT2D eigenvalue weighted by Crippen LogP contribution is 2.29. The van der Waals surface area contributed by atoms with Gasteiger partial charge in [-0.1, -0.05) is 0 Å². The van der Waals surface area contributed by atoms with Crippen molar-refractivity contribution < 1.29 is 9.90 Å². The molecule has 1 unspecified atom stereocenters. The van der Waals surface area contributed by atoms with E-state index in [1.54, 1.807) is 0 Å². The number of nitrogens with zero attached hydrogens (tertiary/aromatic N) is 1. The van der Waals surface area contributed by atoms with E-state index in [1.807, 2.05) is 4.90 Å². The van der Waals surface area contributed by atoms with Gasteiger partial charge in [0.15, 0.2) is 5.11 Å². The van der Waals surface area contributed by atoms with Crippen LogP contribution in [0.2, 0.25) is 0 Å². The molecule has 4 nitrogen and oxygen atoms in total. The summed E-state index contributed by atoms with van der Waals surface area (Å²) in [5.41, 5.74) is 0. The first-order valence-electron chi connectivity index (χ1n) is 5.94. The Bertz CT molecular complexity index is 292. The average molecular weight is 242 g/mol. The first kappa shape index (κ1) is 11.8. The maximum absolute atomic E-state index is 11.6. The Morgan fingerprint density at radius 3 is 2.75 bits per heavy atom. The van der Waals surface area contributed by atoms with Crippen LogP contribution in [0.15, 0.2) is 0 Å². The molecule has 2 rings (SSSR count). The quantitative estimate of drug-likeness (QED) is 0.698. The number of piperidine rings is 1. The van der Waals surface area contributed by atoms with Crippen LogP contribution < -0.4 is 5.32 Å². The van der Waals surface area contributed by atoms with Gasteiger partial charge in [-0.05, 0) is 44.3 Å². The van der Waals surface area contributed by atoms with Crippen LogP contribution in [0.25, 0.3) is 0 Å². The monoisotopic (exact) mass is 242 g/mol. The number of aliphatic hydroxyl groups excluding tert-OH is 1. The summed E-state index contributed by atoms with van der Waals surface area (Å²) in [5.74, 6) is 0.225. The molecule has 90 valence electrons. The van der Waals surface area contributed by atoms with E-state index in [4.69, 9.17) is 12.2 Å². The Morgan fingerprint density at radius 2 is 2.12 bits per heavy atom. The fraction of sp³-hybridized carbons (Fsp3) is 0.818. The lowest BCUT2D eigenvalue weighted by Gasteiger charge is -2.36. The molecule has 2 N–H and O–H groups in total. The molecule has 16 heavy (non-hydrogen) atoms. The number of likely N-dealkylation sites (tertiary alicyclic amines) is 1. The standard InChI is InChI=1S/C11H18N2O2S/c14-7-9-3-1-2-6-13(9)11(16)12-10(15)8-4-5-8/h8-9,14H,1-7H2,(H,12,15,16). The lowest BCUT2D eigenvalue weighted by molar-refractivity contribution is -0.121. The highest BCUT2D eigenvalue weighted by atomic mass is 32.1. The third kappa shape index (κ3) is 2.71. The van der Waals surface area contributed by atoms with Crippen LogP contribution in [-0.2, 0) is 4.79 Å². The van der Waals surface area contributed by atoms with Crippen LogP contribution in [0.1, 0.15) is 32.1 Å². The van der Waals surface area contributed by atoms with Gasteiger partial charge in [0.05, 0.1) is 12.6 Å². The fourth-order valence-electron chi connectivity index (χ4n) is 2.08. The van der Waals surface area contributed by atoms with E-state index in [1.165, 1.54) is 0 Å². The molecular weight excluding hydrogens is 224 g/mol. The van der Waals surface area contributed by atoms with Gasteiger partial charge >= 0.3 is 0 Å². The number of hydrogen-bond donors (Lipinski definition) is 2. The van der Waals surface area contributed by atoms with Crippen LogP contribution in [0.3, 0.4) is 0 Å². The first-order chi connectivity index (χ1) is 7.72. The van der Waals surface area contributed by atoms with Crippen LogP contribution in [0.4, 0.5) is 0 Å². The van der Waals surface area contributed by atoms with Gasteiger partial charge in [-0.25, -0.2) is 0 Å². The molecule has 0 spiro atoms. The molecule has 1 aliphatic carbocycles. The number of hydrogen-bond acceptors (Lipinski definition) is 3. The molecule has 1 aliphatic heterocycles. The summed E-state index contributed by atoms with van der Waals surface area (Å²) in [6.45, 7) is 0.953. The van der Waals surface area contributed by atoms with E-state index in [-0.39, 0.29) is 24.5 Å². The summed E-state index contributed by atoms with van der Waals surface area (Å²) in [7, 11) is 0. The van der Waals surface area contributed by atoms with Crippen LogP contribution in [0.5, 0.6) is 0 Å². The Kier molecular flexibility index (Phi) is 3.76. The van der Waals surface area contributed by atoms with E-state index in [2.05, 4.69) is 5.32 Å². The zero-order chi connectivity index (χ0) is 11.5. The second-order valence-electron chi connectivity index (χ2n) is 4.59. The third-order valence-electron chi connectivity index (χ3n) is 3.28. The molecule has 1 amide bonds. The van der Waals surface area contributed by atoms with Crippen molar-refractivity contribution >= 4 is 23.2 Å². The van der Waals surface area contributed by atoms with Crippen molar-refractivity contribution in [2.24, 2.45) is 5.92 Å². The molecule has 0 aromatic rings. The summed E-state index contributed by atoms with van der Waals surface area (Å²) in [5, 5.41) is 12.5. The topological polar surface area (TPSA) is 52.6 Å². The summed E-state index contributed by atoms with van der Waals surface area (Å²) in [6.07, 6.45) is 5.13. The minimum atomic E-state index is 0.0484. The number of aliphatic hydroxyl groups is 1. The zero-order valence-corrected chi connectivity index (χ0v) is 10.1. The molecule has 0 aromatic carbocycles. The molecule has 5 heteroatoms. The van der Waals surface area contributed by atoms with Gasteiger partial charge in [-0.15, -0.1) is 0 Å². The second kappa shape index (κ2) is 5.10. The van der Waals surface area contributed by atoms with Crippen LogP contribution in [-0.4, -0.2) is 40.2 Å². The molecule has 0 bridgehead atoms. The van der Waals surface area contributed by atoms with Crippen molar-refractivity contribution in [3.05, 3.63) is 0 Å². The number of thiocarbonyl (C=S) groups is 1. The molecule has 1 atom stereocenters. The number of rotatable bonds is 2. The van der Waals surface area contributed by atoms with E-state index in [9.17, 15) is 9.90 Å². The van der Waals surface area contributed by atoms with Crippen molar-refractivity contribution in [3.8, 4) is 0 Å². The largest absolute Gasteiger partial charge is 0.394 e. The fourth-order valence-corrected chi connectivity index (χ4v) is 2.42. The van der Waals surface area contributed by atoms with Gasteiger partial charge < -0.3 is 15.3 Å². The molecule has 0 radical (unpaired) electrons. The van der Waals surface area contributed by atoms with Crippen molar-refractivity contribution in [3.63, 3.8) is 0 Å². The molecule has 1 saturated heterocycles. The van der Waals surface area contributed by atoms with E-state index in [0.717, 1.165) is 38.6 Å². The first-order valence-corrected chi connectivity index (χ1v) is 6.35. The predicted octanol–water partition coefficient (Wildman–Crippen LogP) is 0.644. The minimum absolute atomic E-state index is 0.0484. The number of carbonyl (C=O) groups is 1. The minimum Gasteiger partial charge on any atom is -0.394 e. The third-order valence-corrected chi connectivity index (χ3v) is 3.61. The Morgan fingerprint density at radius 1 is 1.38 bits per heavy atom. The van der Waals surface area contributed by atoms with Gasteiger partial charge in [0, 0.05) is 12.5 Å². The van der Waals surface area contributed by atoms with E-state index >= 15 is 0 Å². The Labute approximate surface area is 101 Å². The van der Waals surface area contributed by atoms with Gasteiger partial charge in [-0.3, -0.25) is 4.79 Å². The SMILES string of the molecule is O=C(NC(=S)N1CCCCC1CO)C1CC1. The predicted molar refractivity (Wildman–Crippen MR) is 64.9 cm³/mol. The van der Waals surface area contributed by atoms with Crippen molar-refractivity contribution in [2.75, 3.05) is 13.2 Å². The van der Waals surface area contributed by atoms with Crippen LogP contribution >= 0.6 is 12.2 Å². The molecular formula is C11H18N2O2S. The molecule has 2 fully saturated rings. The molecule has 0 aromatic heterocycles. The normalized spacial score (nSPS) is 25.3. The highest BCUT2D eigenvalue weighted by Gasteiger charge is 2.32. The van der Waals surface area contributed by atoms with Crippen molar-refractivity contribution in [1.82, 2.24) is 10.2 Å². The number of amides is 1. The lowest BCUT2D eigenvalue weighted by atomic mass is 10.0. The highest BCUT2D eigenvalue weighted by molar-refractivity contribution is 7.80. The summed E-state index contributed by atoms with van der Waals surface area (Å²) >= 11 is 5.22. The van der Waals surface area contributed by atoms with Gasteiger partial charge in [-0.2, -0.15) is 0 Å². The summed E-state index contributed by atoms with van der Waals surface area (Å²) in [4.78, 5) is 13.5. The zero-order valence-electron chi connectivity index (χ0n) is 9.32. The second-order valence-corrected chi connectivity index (χ2v) is 4.98. The number of nitrogens with one attached hydrogen (secondary N) is 1. The molecule has 2 aliphatic rings. The maximum atomic E-state index is 11.6. The summed E-state index contributed by atoms with van der Waals surface area (Å²) < 4.78 is 0. The average Bonchev–Trinajstić information content (AvgIpc) is 3.12. The number of carbonyl (C=O) groups excluding carboxylic acids is 1. The van der Waals surface area contributed by atoms with Crippen molar-refractivity contribution in [1.29, 1.82) is 0 Å². The van der Waals surface area contributed by atoms with Crippen molar-refractivity contribution in [2.45, 2.75) is 38.1 Å². The molecule has 1 saturated carbocycles. The van der Waals surface area contributed by atoms with Gasteiger partial charge in [0.1, 0.15) is 0 Å². The summed E-state index contributed by atoms with van der Waals surface area (Å²) in [6, 6.07) is 0.0840. The van der Waals surface area contributed by atoms with Gasteiger partial charge in [0.2, 0.25) is 5.91 Å². The van der Waals surface area contributed by atoms with Crippen LogP contribution in [0, 0.1) is 5.92 Å². The van der Waals surface area contributed by atoms with E-state index < -0.39 is 0 Å². The smallest absolute Gasteiger partial charge is 0.229 e.